The van der Waals surface area contributed by atoms with Gasteiger partial charge in [0.15, 0.2) is 0 Å². The molecule has 1 rings (SSSR count). The summed E-state index contributed by atoms with van der Waals surface area (Å²) in [6.45, 7) is 11.7. The van der Waals surface area contributed by atoms with E-state index in [-0.39, 0.29) is 0 Å². The maximum Gasteiger partial charge on any atom is 0.117 e. The molecule has 20 heavy (non-hydrogen) atoms. The molecule has 0 saturated carbocycles. The molecule has 1 N–H and O–H groups in total. The van der Waals surface area contributed by atoms with Crippen molar-refractivity contribution in [2.24, 2.45) is 0 Å². The molecule has 116 valence electrons. The van der Waals surface area contributed by atoms with Crippen molar-refractivity contribution in [2.45, 2.75) is 20.4 Å². The lowest BCUT2D eigenvalue weighted by atomic mass is 10.4. The van der Waals surface area contributed by atoms with E-state index in [1.165, 1.54) is 0 Å². The molecule has 0 bridgehead atoms. The van der Waals surface area contributed by atoms with Crippen LogP contribution in [-0.2, 0) is 16.0 Å². The molecule has 0 aliphatic rings. The molecule has 0 aliphatic carbocycles. The molecular weight excluding hydrogens is 256 g/mol. The van der Waals surface area contributed by atoms with E-state index in [0.717, 1.165) is 64.9 Å². The van der Waals surface area contributed by atoms with Crippen molar-refractivity contribution in [3.63, 3.8) is 0 Å². The first-order valence-corrected chi connectivity index (χ1v) is 7.47. The minimum absolute atomic E-state index is 0.774. The number of hydrogen-bond donors (Lipinski definition) is 1. The van der Waals surface area contributed by atoms with Gasteiger partial charge in [-0.1, -0.05) is 0 Å². The van der Waals surface area contributed by atoms with Crippen LogP contribution in [0.2, 0.25) is 0 Å². The van der Waals surface area contributed by atoms with E-state index in [4.69, 9.17) is 13.9 Å². The maximum atomic E-state index is 5.42. The highest BCUT2D eigenvalue weighted by atomic mass is 16.5. The summed E-state index contributed by atoms with van der Waals surface area (Å²) < 4.78 is 16.1. The van der Waals surface area contributed by atoms with Crippen LogP contribution in [0.5, 0.6) is 0 Å². The zero-order valence-electron chi connectivity index (χ0n) is 12.8. The van der Waals surface area contributed by atoms with Crippen LogP contribution in [0.15, 0.2) is 22.8 Å². The molecule has 0 aliphatic heterocycles. The van der Waals surface area contributed by atoms with Crippen LogP contribution in [0.3, 0.4) is 0 Å². The van der Waals surface area contributed by atoms with Crippen molar-refractivity contribution in [1.29, 1.82) is 0 Å². The third kappa shape index (κ3) is 8.32. The van der Waals surface area contributed by atoms with Crippen LogP contribution in [0.4, 0.5) is 0 Å². The molecule has 5 nitrogen and oxygen atoms in total. The first-order valence-electron chi connectivity index (χ1n) is 7.47. The molecule has 5 heteroatoms. The first-order chi connectivity index (χ1) is 9.86. The predicted molar refractivity (Wildman–Crippen MR) is 79.8 cm³/mol. The van der Waals surface area contributed by atoms with Gasteiger partial charge in [0.25, 0.3) is 0 Å². The first kappa shape index (κ1) is 17.2. The average Bonchev–Trinajstić information content (AvgIpc) is 2.96. The van der Waals surface area contributed by atoms with Gasteiger partial charge in [0.05, 0.1) is 26.0 Å². The van der Waals surface area contributed by atoms with Crippen molar-refractivity contribution >= 4 is 0 Å². The zero-order chi connectivity index (χ0) is 14.5. The van der Waals surface area contributed by atoms with E-state index in [1.807, 2.05) is 26.0 Å². The molecule has 0 saturated heterocycles. The minimum atomic E-state index is 0.774. The van der Waals surface area contributed by atoms with Gasteiger partial charge in [-0.3, -0.25) is 4.90 Å². The Labute approximate surface area is 122 Å². The fourth-order valence-electron chi connectivity index (χ4n) is 1.87. The van der Waals surface area contributed by atoms with E-state index in [9.17, 15) is 0 Å². The van der Waals surface area contributed by atoms with E-state index in [1.54, 1.807) is 6.26 Å². The quantitative estimate of drug-likeness (QED) is 0.559. The van der Waals surface area contributed by atoms with Gasteiger partial charge in [-0.2, -0.15) is 0 Å². The smallest absolute Gasteiger partial charge is 0.117 e. The van der Waals surface area contributed by atoms with Crippen molar-refractivity contribution in [3.8, 4) is 0 Å². The van der Waals surface area contributed by atoms with E-state index in [2.05, 4.69) is 10.2 Å². The Morgan fingerprint density at radius 1 is 1.10 bits per heavy atom. The number of nitrogens with zero attached hydrogens (tertiary/aromatic N) is 1. The van der Waals surface area contributed by atoms with Crippen LogP contribution < -0.4 is 5.32 Å². The van der Waals surface area contributed by atoms with Gasteiger partial charge in [0.2, 0.25) is 0 Å². The summed E-state index contributed by atoms with van der Waals surface area (Å²) in [5.41, 5.74) is 0. The lowest BCUT2D eigenvalue weighted by Gasteiger charge is -2.22. The van der Waals surface area contributed by atoms with Crippen LogP contribution >= 0.6 is 0 Å². The normalized spacial score (nSPS) is 11.3. The fourth-order valence-corrected chi connectivity index (χ4v) is 1.87. The SMILES string of the molecule is CCOCCN(CCNCc1ccco1)CCOCC. The highest BCUT2D eigenvalue weighted by Gasteiger charge is 2.04. The second-order valence-corrected chi connectivity index (χ2v) is 4.49. The molecule has 0 radical (unpaired) electrons. The highest BCUT2D eigenvalue weighted by molar-refractivity contribution is 4.97. The lowest BCUT2D eigenvalue weighted by molar-refractivity contribution is 0.0831. The Morgan fingerprint density at radius 2 is 1.80 bits per heavy atom. The van der Waals surface area contributed by atoms with Crippen molar-refractivity contribution in [1.82, 2.24) is 10.2 Å². The second-order valence-electron chi connectivity index (χ2n) is 4.49. The Hall–Kier alpha value is -0.880. The van der Waals surface area contributed by atoms with Gasteiger partial charge < -0.3 is 19.2 Å². The molecule has 0 aromatic carbocycles. The fraction of sp³-hybridized carbons (Fsp3) is 0.733. The molecule has 0 spiro atoms. The Kier molecular flexibility index (Phi) is 10.2. The molecule has 1 aromatic heterocycles. The van der Waals surface area contributed by atoms with Crippen molar-refractivity contribution in [3.05, 3.63) is 24.2 Å². The van der Waals surface area contributed by atoms with E-state index in [0.29, 0.717) is 0 Å². The molecular formula is C15H28N2O3. The van der Waals surface area contributed by atoms with Gasteiger partial charge in [-0.15, -0.1) is 0 Å². The van der Waals surface area contributed by atoms with Gasteiger partial charge in [0.1, 0.15) is 5.76 Å². The van der Waals surface area contributed by atoms with Crippen LogP contribution in [0.25, 0.3) is 0 Å². The van der Waals surface area contributed by atoms with Gasteiger partial charge in [-0.25, -0.2) is 0 Å². The van der Waals surface area contributed by atoms with E-state index < -0.39 is 0 Å². The third-order valence-corrected chi connectivity index (χ3v) is 3.00. The monoisotopic (exact) mass is 284 g/mol. The third-order valence-electron chi connectivity index (χ3n) is 3.00. The molecule has 0 atom stereocenters. The molecule has 1 heterocycles. The number of hydrogen-bond acceptors (Lipinski definition) is 5. The Bertz CT molecular complexity index is 294. The minimum Gasteiger partial charge on any atom is -0.468 e. The van der Waals surface area contributed by atoms with E-state index >= 15 is 0 Å². The molecule has 0 fully saturated rings. The number of rotatable bonds is 13. The molecule has 0 amide bonds. The summed E-state index contributed by atoms with van der Waals surface area (Å²) in [7, 11) is 0. The summed E-state index contributed by atoms with van der Waals surface area (Å²) in [6.07, 6.45) is 1.70. The van der Waals surface area contributed by atoms with Crippen molar-refractivity contribution in [2.75, 3.05) is 52.6 Å². The second kappa shape index (κ2) is 11.9. The van der Waals surface area contributed by atoms with Crippen LogP contribution in [0, 0.1) is 0 Å². The number of furan rings is 1. The molecule has 0 unspecified atom stereocenters. The summed E-state index contributed by atoms with van der Waals surface area (Å²) >= 11 is 0. The number of nitrogens with one attached hydrogen (secondary N) is 1. The summed E-state index contributed by atoms with van der Waals surface area (Å²) in [5, 5.41) is 3.38. The van der Waals surface area contributed by atoms with Crippen LogP contribution in [0.1, 0.15) is 19.6 Å². The van der Waals surface area contributed by atoms with Crippen LogP contribution in [-0.4, -0.2) is 57.5 Å². The maximum absolute atomic E-state index is 5.42. The largest absolute Gasteiger partial charge is 0.468 e. The van der Waals surface area contributed by atoms with Gasteiger partial charge in [-0.05, 0) is 26.0 Å². The highest BCUT2D eigenvalue weighted by Crippen LogP contribution is 1.98. The molecule has 1 aromatic rings. The Morgan fingerprint density at radius 3 is 2.35 bits per heavy atom. The Balaban J connectivity index is 2.13. The standard InChI is InChI=1S/C15H28N2O3/c1-3-18-12-9-17(10-13-19-4-2)8-7-16-14-15-6-5-11-20-15/h5-6,11,16H,3-4,7-10,12-14H2,1-2H3. The zero-order valence-corrected chi connectivity index (χ0v) is 12.8. The summed E-state index contributed by atoms with van der Waals surface area (Å²) in [6, 6.07) is 3.89. The number of ether oxygens (including phenoxy) is 2. The van der Waals surface area contributed by atoms with Crippen molar-refractivity contribution < 1.29 is 13.9 Å². The van der Waals surface area contributed by atoms with Gasteiger partial charge in [0, 0.05) is 39.4 Å². The summed E-state index contributed by atoms with van der Waals surface area (Å²) in [5.74, 6) is 0.972. The topological polar surface area (TPSA) is 46.9 Å². The lowest BCUT2D eigenvalue weighted by Crippen LogP contribution is -2.36. The average molecular weight is 284 g/mol. The van der Waals surface area contributed by atoms with Gasteiger partial charge >= 0.3 is 0 Å². The summed E-state index contributed by atoms with van der Waals surface area (Å²) in [4.78, 5) is 2.36. The predicted octanol–water partition coefficient (Wildman–Crippen LogP) is 1.74.